The highest BCUT2D eigenvalue weighted by atomic mass is 16.5. The van der Waals surface area contributed by atoms with Crippen LogP contribution in [0.25, 0.3) is 0 Å². The molecule has 110 valence electrons. The summed E-state index contributed by atoms with van der Waals surface area (Å²) >= 11 is 0. The monoisotopic (exact) mass is 284 g/mol. The highest BCUT2D eigenvalue weighted by Gasteiger charge is 2.20. The Labute approximate surface area is 125 Å². The minimum absolute atomic E-state index is 0.604. The molecule has 1 aromatic carbocycles. The van der Waals surface area contributed by atoms with Gasteiger partial charge < -0.3 is 14.8 Å². The number of nitrogens with one attached hydrogen (secondary N) is 1. The first-order valence-corrected chi connectivity index (χ1v) is 7.26. The number of hydrogen-bond acceptors (Lipinski definition) is 4. The number of rotatable bonds is 6. The fraction of sp³-hybridized carbons (Fsp3) is 0.353. The molecule has 1 aromatic heterocycles. The Bertz CT molecular complexity index is 624. The maximum atomic E-state index is 5.88. The van der Waals surface area contributed by atoms with Gasteiger partial charge >= 0.3 is 0 Å². The fourth-order valence-corrected chi connectivity index (χ4v) is 2.23. The first-order valence-electron chi connectivity index (χ1n) is 7.26. The number of hydrogen-bond donors (Lipinski definition) is 1. The van der Waals surface area contributed by atoms with Gasteiger partial charge in [0, 0.05) is 24.3 Å². The van der Waals surface area contributed by atoms with Crippen LogP contribution in [0.5, 0.6) is 17.4 Å². The average Bonchev–Trinajstić information content (AvgIpc) is 3.29. The standard InChI is InChI=1S/C17H20N2O2/c1-12-9-13(11-18-14-7-8-14)10-17(19-12)21-16-6-4-3-5-15(16)20-2/h3-6,9-10,14,18H,7-8,11H2,1-2H3. The van der Waals surface area contributed by atoms with Gasteiger partial charge in [0.15, 0.2) is 11.5 Å². The van der Waals surface area contributed by atoms with Crippen molar-refractivity contribution in [2.24, 2.45) is 0 Å². The molecular formula is C17H20N2O2. The van der Waals surface area contributed by atoms with Crippen molar-refractivity contribution in [1.29, 1.82) is 0 Å². The van der Waals surface area contributed by atoms with Gasteiger partial charge in [-0.2, -0.15) is 0 Å². The predicted octanol–water partition coefficient (Wildman–Crippen LogP) is 3.44. The van der Waals surface area contributed by atoms with Gasteiger partial charge in [0.1, 0.15) is 0 Å². The van der Waals surface area contributed by atoms with Crippen molar-refractivity contribution in [3.63, 3.8) is 0 Å². The van der Waals surface area contributed by atoms with Crippen LogP contribution in [-0.2, 0) is 6.54 Å². The number of aryl methyl sites for hydroxylation is 1. The van der Waals surface area contributed by atoms with E-state index in [0.717, 1.165) is 12.2 Å². The summed E-state index contributed by atoms with van der Waals surface area (Å²) in [6.07, 6.45) is 2.57. The number of benzene rings is 1. The summed E-state index contributed by atoms with van der Waals surface area (Å²) in [5.74, 6) is 1.99. The van der Waals surface area contributed by atoms with E-state index in [-0.39, 0.29) is 0 Å². The largest absolute Gasteiger partial charge is 0.493 e. The van der Waals surface area contributed by atoms with Gasteiger partial charge in [-0.15, -0.1) is 0 Å². The first-order chi connectivity index (χ1) is 10.2. The third-order valence-electron chi connectivity index (χ3n) is 3.45. The van der Waals surface area contributed by atoms with Crippen LogP contribution in [-0.4, -0.2) is 18.1 Å². The molecule has 0 atom stereocenters. The van der Waals surface area contributed by atoms with Gasteiger partial charge in [0.2, 0.25) is 5.88 Å². The van der Waals surface area contributed by atoms with E-state index in [4.69, 9.17) is 9.47 Å². The minimum Gasteiger partial charge on any atom is -0.493 e. The van der Waals surface area contributed by atoms with Crippen LogP contribution in [0.1, 0.15) is 24.1 Å². The Morgan fingerprint density at radius 1 is 1.19 bits per heavy atom. The molecule has 1 N–H and O–H groups in total. The molecule has 3 rings (SSSR count). The maximum absolute atomic E-state index is 5.88. The molecule has 4 heteroatoms. The first kappa shape index (κ1) is 13.9. The van der Waals surface area contributed by atoms with Gasteiger partial charge in [0.25, 0.3) is 0 Å². The Hall–Kier alpha value is -2.07. The normalized spacial score (nSPS) is 14.0. The van der Waals surface area contributed by atoms with Crippen LogP contribution in [0.4, 0.5) is 0 Å². The fourth-order valence-electron chi connectivity index (χ4n) is 2.23. The summed E-state index contributed by atoms with van der Waals surface area (Å²) in [6.45, 7) is 2.84. The van der Waals surface area contributed by atoms with Crippen LogP contribution in [0.2, 0.25) is 0 Å². The Morgan fingerprint density at radius 2 is 1.95 bits per heavy atom. The molecule has 4 nitrogen and oxygen atoms in total. The number of aromatic nitrogens is 1. The topological polar surface area (TPSA) is 43.4 Å². The van der Waals surface area contributed by atoms with Crippen LogP contribution in [0.15, 0.2) is 36.4 Å². The van der Waals surface area contributed by atoms with Crippen molar-refractivity contribution < 1.29 is 9.47 Å². The lowest BCUT2D eigenvalue weighted by Gasteiger charge is -2.11. The lowest BCUT2D eigenvalue weighted by molar-refractivity contribution is 0.373. The second-order valence-electron chi connectivity index (χ2n) is 5.36. The molecule has 1 saturated carbocycles. The SMILES string of the molecule is COc1ccccc1Oc1cc(CNC2CC2)cc(C)n1. The lowest BCUT2D eigenvalue weighted by atomic mass is 10.2. The van der Waals surface area contributed by atoms with E-state index in [1.807, 2.05) is 37.3 Å². The summed E-state index contributed by atoms with van der Waals surface area (Å²) < 4.78 is 11.2. The smallest absolute Gasteiger partial charge is 0.219 e. The van der Waals surface area contributed by atoms with E-state index in [9.17, 15) is 0 Å². The molecular weight excluding hydrogens is 264 g/mol. The zero-order valence-electron chi connectivity index (χ0n) is 12.4. The third kappa shape index (κ3) is 3.73. The Morgan fingerprint density at radius 3 is 2.67 bits per heavy atom. The summed E-state index contributed by atoms with van der Waals surface area (Å²) in [6, 6.07) is 12.4. The molecule has 1 heterocycles. The van der Waals surface area contributed by atoms with Crippen molar-refractivity contribution in [2.75, 3.05) is 7.11 Å². The van der Waals surface area contributed by atoms with Crippen LogP contribution in [0, 0.1) is 6.92 Å². The second kappa shape index (κ2) is 6.14. The summed E-state index contributed by atoms with van der Waals surface area (Å²) in [4.78, 5) is 4.44. The average molecular weight is 284 g/mol. The summed E-state index contributed by atoms with van der Waals surface area (Å²) in [5, 5.41) is 3.51. The summed E-state index contributed by atoms with van der Waals surface area (Å²) in [7, 11) is 1.64. The van der Waals surface area contributed by atoms with E-state index in [1.165, 1.54) is 18.4 Å². The minimum atomic E-state index is 0.604. The number of methoxy groups -OCH3 is 1. The van der Waals surface area contributed by atoms with Crippen molar-refractivity contribution in [2.45, 2.75) is 32.4 Å². The molecule has 1 aliphatic carbocycles. The second-order valence-corrected chi connectivity index (χ2v) is 5.36. The van der Waals surface area contributed by atoms with Crippen LogP contribution < -0.4 is 14.8 Å². The molecule has 0 bridgehead atoms. The van der Waals surface area contributed by atoms with Gasteiger partial charge in [-0.05, 0) is 43.5 Å². The molecule has 2 aromatic rings. The Balaban J connectivity index is 1.77. The highest BCUT2D eigenvalue weighted by molar-refractivity contribution is 5.42. The molecule has 21 heavy (non-hydrogen) atoms. The zero-order valence-corrected chi connectivity index (χ0v) is 12.4. The molecule has 0 amide bonds. The van der Waals surface area contributed by atoms with Crippen molar-refractivity contribution in [1.82, 2.24) is 10.3 Å². The van der Waals surface area contributed by atoms with Crippen LogP contribution >= 0.6 is 0 Å². The van der Waals surface area contributed by atoms with Gasteiger partial charge in [-0.1, -0.05) is 12.1 Å². The van der Waals surface area contributed by atoms with E-state index in [0.29, 0.717) is 23.4 Å². The van der Waals surface area contributed by atoms with E-state index >= 15 is 0 Å². The van der Waals surface area contributed by atoms with Gasteiger partial charge in [-0.25, -0.2) is 4.98 Å². The summed E-state index contributed by atoms with van der Waals surface area (Å²) in [5.41, 5.74) is 2.15. The number of nitrogens with zero attached hydrogens (tertiary/aromatic N) is 1. The van der Waals surface area contributed by atoms with Gasteiger partial charge in [0.05, 0.1) is 7.11 Å². The van der Waals surface area contributed by atoms with E-state index < -0.39 is 0 Å². The number of pyridine rings is 1. The number of ether oxygens (including phenoxy) is 2. The van der Waals surface area contributed by atoms with E-state index in [1.54, 1.807) is 7.11 Å². The molecule has 1 aliphatic rings. The molecule has 0 radical (unpaired) electrons. The molecule has 0 aliphatic heterocycles. The quantitative estimate of drug-likeness (QED) is 0.882. The molecule has 0 spiro atoms. The molecule has 0 unspecified atom stereocenters. The van der Waals surface area contributed by atoms with Gasteiger partial charge in [-0.3, -0.25) is 0 Å². The van der Waals surface area contributed by atoms with Crippen molar-refractivity contribution >= 4 is 0 Å². The van der Waals surface area contributed by atoms with Crippen LogP contribution in [0.3, 0.4) is 0 Å². The van der Waals surface area contributed by atoms with Crippen molar-refractivity contribution in [3.8, 4) is 17.4 Å². The molecule has 0 saturated heterocycles. The zero-order chi connectivity index (χ0) is 14.7. The Kier molecular flexibility index (Phi) is 4.06. The number of para-hydroxylation sites is 2. The van der Waals surface area contributed by atoms with Crippen molar-refractivity contribution in [3.05, 3.63) is 47.7 Å². The molecule has 1 fully saturated rings. The highest BCUT2D eigenvalue weighted by Crippen LogP contribution is 2.30. The maximum Gasteiger partial charge on any atom is 0.219 e. The lowest BCUT2D eigenvalue weighted by Crippen LogP contribution is -2.15. The van der Waals surface area contributed by atoms with E-state index in [2.05, 4.69) is 16.4 Å². The predicted molar refractivity (Wildman–Crippen MR) is 81.9 cm³/mol. The third-order valence-corrected chi connectivity index (χ3v) is 3.45.